The lowest BCUT2D eigenvalue weighted by Crippen LogP contribution is -2.35. The minimum Gasteiger partial charge on any atom is -0.497 e. The molecule has 1 amide bonds. The van der Waals surface area contributed by atoms with Crippen LogP contribution in [0, 0.1) is 0 Å². The summed E-state index contributed by atoms with van der Waals surface area (Å²) in [5.74, 6) is 2.79. The van der Waals surface area contributed by atoms with E-state index in [1.54, 1.807) is 31.3 Å². The second-order valence-electron chi connectivity index (χ2n) is 6.76. The Balaban J connectivity index is 1.48. The molecule has 0 unspecified atom stereocenters. The van der Waals surface area contributed by atoms with Gasteiger partial charge in [-0.2, -0.15) is 0 Å². The fourth-order valence-corrected chi connectivity index (χ4v) is 3.50. The summed E-state index contributed by atoms with van der Waals surface area (Å²) >= 11 is 0. The van der Waals surface area contributed by atoms with Gasteiger partial charge in [0, 0.05) is 12.2 Å². The van der Waals surface area contributed by atoms with Gasteiger partial charge in [-0.25, -0.2) is 0 Å². The lowest BCUT2D eigenvalue weighted by molar-refractivity contribution is 0.0954. The minimum atomic E-state index is -0.153. The highest BCUT2D eigenvalue weighted by molar-refractivity contribution is 6.05. The van der Waals surface area contributed by atoms with Crippen LogP contribution in [0.2, 0.25) is 0 Å². The number of hydrogen-bond donors (Lipinski definition) is 0. The van der Waals surface area contributed by atoms with Gasteiger partial charge in [-0.15, -0.1) is 0 Å². The molecule has 0 bridgehead atoms. The molecule has 0 aliphatic carbocycles. The monoisotopic (exact) mass is 393 g/mol. The SMILES string of the molecule is COc1ccc2c(c1)CCCN2C(=O)c1ccc(COc2ccccc2OC)o1. The third kappa shape index (κ3) is 3.92. The van der Waals surface area contributed by atoms with E-state index in [4.69, 9.17) is 18.6 Å². The van der Waals surface area contributed by atoms with E-state index in [1.807, 2.05) is 42.5 Å². The maximum Gasteiger partial charge on any atom is 0.293 e. The van der Waals surface area contributed by atoms with Crippen LogP contribution in [0.25, 0.3) is 0 Å². The molecule has 1 aliphatic rings. The topological polar surface area (TPSA) is 61.1 Å². The zero-order chi connectivity index (χ0) is 20.2. The van der Waals surface area contributed by atoms with E-state index in [0.717, 1.165) is 29.8 Å². The van der Waals surface area contributed by atoms with Crippen molar-refractivity contribution in [2.75, 3.05) is 25.7 Å². The van der Waals surface area contributed by atoms with E-state index in [9.17, 15) is 4.79 Å². The molecule has 150 valence electrons. The number of methoxy groups -OCH3 is 2. The molecule has 3 aromatic rings. The number of aryl methyl sites for hydroxylation is 1. The Kier molecular flexibility index (Phi) is 5.42. The van der Waals surface area contributed by atoms with Crippen molar-refractivity contribution in [3.8, 4) is 17.2 Å². The van der Waals surface area contributed by atoms with Crippen LogP contribution >= 0.6 is 0 Å². The molecule has 1 aliphatic heterocycles. The Morgan fingerprint density at radius 2 is 1.86 bits per heavy atom. The maximum absolute atomic E-state index is 13.0. The summed E-state index contributed by atoms with van der Waals surface area (Å²) in [6, 6.07) is 16.7. The second kappa shape index (κ2) is 8.31. The van der Waals surface area contributed by atoms with E-state index in [1.165, 1.54) is 0 Å². The van der Waals surface area contributed by atoms with Crippen molar-refractivity contribution < 1.29 is 23.4 Å². The van der Waals surface area contributed by atoms with Crippen molar-refractivity contribution in [1.82, 2.24) is 0 Å². The molecule has 1 aromatic heterocycles. The fourth-order valence-electron chi connectivity index (χ4n) is 3.50. The summed E-state index contributed by atoms with van der Waals surface area (Å²) in [6.45, 7) is 0.868. The third-order valence-electron chi connectivity index (χ3n) is 4.96. The van der Waals surface area contributed by atoms with Crippen LogP contribution < -0.4 is 19.1 Å². The zero-order valence-electron chi connectivity index (χ0n) is 16.5. The van der Waals surface area contributed by atoms with Crippen LogP contribution in [-0.2, 0) is 13.0 Å². The van der Waals surface area contributed by atoms with E-state index in [0.29, 0.717) is 29.6 Å². The molecule has 0 radical (unpaired) electrons. The first-order valence-corrected chi connectivity index (χ1v) is 9.53. The molecule has 6 nitrogen and oxygen atoms in total. The Morgan fingerprint density at radius 1 is 1.03 bits per heavy atom. The van der Waals surface area contributed by atoms with Crippen LogP contribution in [0.4, 0.5) is 5.69 Å². The lowest BCUT2D eigenvalue weighted by atomic mass is 10.0. The molecule has 6 heteroatoms. The zero-order valence-corrected chi connectivity index (χ0v) is 16.5. The Bertz CT molecular complexity index is 1010. The second-order valence-corrected chi connectivity index (χ2v) is 6.76. The molecule has 0 fully saturated rings. The molecule has 0 saturated heterocycles. The quantitative estimate of drug-likeness (QED) is 0.618. The number of benzene rings is 2. The molecular formula is C23H23NO5. The number of ether oxygens (including phenoxy) is 3. The van der Waals surface area contributed by atoms with Crippen LogP contribution in [0.1, 0.15) is 28.3 Å². The standard InChI is InChI=1S/C23H23NO5/c1-26-17-9-11-19-16(14-17)6-5-13-24(19)23(25)22-12-10-18(29-22)15-28-21-8-4-3-7-20(21)27-2/h3-4,7-12,14H,5-6,13,15H2,1-2H3. The fraction of sp³-hybridized carbons (Fsp3) is 0.261. The highest BCUT2D eigenvalue weighted by Crippen LogP contribution is 2.32. The largest absolute Gasteiger partial charge is 0.497 e. The Morgan fingerprint density at radius 3 is 2.66 bits per heavy atom. The molecule has 29 heavy (non-hydrogen) atoms. The summed E-state index contributed by atoms with van der Waals surface area (Å²) in [5.41, 5.74) is 2.01. The summed E-state index contributed by atoms with van der Waals surface area (Å²) in [4.78, 5) is 14.8. The van der Waals surface area contributed by atoms with Crippen molar-refractivity contribution in [2.45, 2.75) is 19.4 Å². The predicted molar refractivity (Wildman–Crippen MR) is 109 cm³/mol. The number of carbonyl (C=O) groups is 1. The van der Waals surface area contributed by atoms with Crippen molar-refractivity contribution in [2.24, 2.45) is 0 Å². The number of furan rings is 1. The van der Waals surface area contributed by atoms with Gasteiger partial charge in [-0.05, 0) is 60.9 Å². The summed E-state index contributed by atoms with van der Waals surface area (Å²) in [7, 11) is 3.24. The molecule has 0 N–H and O–H groups in total. The van der Waals surface area contributed by atoms with E-state index >= 15 is 0 Å². The van der Waals surface area contributed by atoms with E-state index in [-0.39, 0.29) is 12.5 Å². The van der Waals surface area contributed by atoms with Gasteiger partial charge in [0.15, 0.2) is 17.3 Å². The van der Waals surface area contributed by atoms with Gasteiger partial charge in [0.1, 0.15) is 18.1 Å². The third-order valence-corrected chi connectivity index (χ3v) is 4.96. The predicted octanol–water partition coefficient (Wildman–Crippen LogP) is 4.47. The van der Waals surface area contributed by atoms with Crippen LogP contribution in [0.3, 0.4) is 0 Å². The minimum absolute atomic E-state index is 0.153. The first-order chi connectivity index (χ1) is 14.2. The number of hydrogen-bond acceptors (Lipinski definition) is 5. The molecule has 0 atom stereocenters. The number of fused-ring (bicyclic) bond motifs is 1. The molecule has 0 saturated carbocycles. The summed E-state index contributed by atoms with van der Waals surface area (Å²) in [6.07, 6.45) is 1.82. The average Bonchev–Trinajstić information content (AvgIpc) is 3.25. The Hall–Kier alpha value is -3.41. The van der Waals surface area contributed by atoms with Crippen LogP contribution in [-0.4, -0.2) is 26.7 Å². The number of carbonyl (C=O) groups excluding carboxylic acids is 1. The van der Waals surface area contributed by atoms with Crippen molar-refractivity contribution in [1.29, 1.82) is 0 Å². The van der Waals surface area contributed by atoms with Gasteiger partial charge < -0.3 is 23.5 Å². The molecule has 2 heterocycles. The smallest absolute Gasteiger partial charge is 0.293 e. The first-order valence-electron chi connectivity index (χ1n) is 9.53. The van der Waals surface area contributed by atoms with Crippen LogP contribution in [0.15, 0.2) is 59.0 Å². The van der Waals surface area contributed by atoms with Crippen molar-refractivity contribution in [3.63, 3.8) is 0 Å². The molecule has 4 rings (SSSR count). The van der Waals surface area contributed by atoms with E-state index in [2.05, 4.69) is 0 Å². The number of amides is 1. The number of rotatable bonds is 6. The molecule has 0 spiro atoms. The van der Waals surface area contributed by atoms with Crippen molar-refractivity contribution in [3.05, 3.63) is 71.7 Å². The lowest BCUT2D eigenvalue weighted by Gasteiger charge is -2.29. The summed E-state index contributed by atoms with van der Waals surface area (Å²) < 4.78 is 22.1. The molecule has 2 aromatic carbocycles. The maximum atomic E-state index is 13.0. The van der Waals surface area contributed by atoms with Gasteiger partial charge in [-0.1, -0.05) is 12.1 Å². The highest BCUT2D eigenvalue weighted by Gasteiger charge is 2.26. The van der Waals surface area contributed by atoms with Crippen molar-refractivity contribution >= 4 is 11.6 Å². The first kappa shape index (κ1) is 18.9. The van der Waals surface area contributed by atoms with Gasteiger partial charge in [-0.3, -0.25) is 4.79 Å². The van der Waals surface area contributed by atoms with Gasteiger partial charge in [0.05, 0.1) is 14.2 Å². The molecular weight excluding hydrogens is 370 g/mol. The van der Waals surface area contributed by atoms with Gasteiger partial charge in [0.2, 0.25) is 0 Å². The number of nitrogens with zero attached hydrogens (tertiary/aromatic N) is 1. The number of para-hydroxylation sites is 2. The highest BCUT2D eigenvalue weighted by atomic mass is 16.5. The Labute approximate surface area is 169 Å². The van der Waals surface area contributed by atoms with E-state index < -0.39 is 0 Å². The average molecular weight is 393 g/mol. The number of anilines is 1. The van der Waals surface area contributed by atoms with Crippen LogP contribution in [0.5, 0.6) is 17.2 Å². The normalized spacial score (nSPS) is 13.0. The van der Waals surface area contributed by atoms with Gasteiger partial charge >= 0.3 is 0 Å². The summed E-state index contributed by atoms with van der Waals surface area (Å²) in [5, 5.41) is 0. The van der Waals surface area contributed by atoms with Gasteiger partial charge in [0.25, 0.3) is 5.91 Å².